The minimum atomic E-state index is 0.000174. The number of benzene rings is 10. The second-order valence-corrected chi connectivity index (χ2v) is 15.6. The largest absolute Gasteiger partial charge is 0.456 e. The van der Waals surface area contributed by atoms with Gasteiger partial charge in [0.2, 0.25) is 0 Å². The van der Waals surface area contributed by atoms with E-state index < -0.39 is 0 Å². The number of hydrogen-bond donors (Lipinski definition) is 0. The van der Waals surface area contributed by atoms with Crippen molar-refractivity contribution in [3.8, 4) is 27.9 Å². The molecule has 59 heavy (non-hydrogen) atoms. The Hall–Kier alpha value is -7.68. The van der Waals surface area contributed by atoms with Gasteiger partial charge in [-0.05, 0) is 91.5 Å². The van der Waals surface area contributed by atoms with Gasteiger partial charge in [0.15, 0.2) is 0 Å². The van der Waals surface area contributed by atoms with Crippen LogP contribution in [0.3, 0.4) is 0 Å². The van der Waals surface area contributed by atoms with E-state index in [-0.39, 0.29) is 5.92 Å². The van der Waals surface area contributed by atoms with Gasteiger partial charge in [-0.25, -0.2) is 0 Å². The zero-order valence-corrected chi connectivity index (χ0v) is 32.2. The summed E-state index contributed by atoms with van der Waals surface area (Å²) < 4.78 is 9.11. The van der Waals surface area contributed by atoms with Crippen LogP contribution in [0.15, 0.2) is 223 Å². The molecule has 1 unspecified atom stereocenters. The molecule has 12 rings (SSSR count). The van der Waals surface area contributed by atoms with Gasteiger partial charge >= 0.3 is 0 Å². The zero-order valence-electron chi connectivity index (χ0n) is 32.2. The van der Waals surface area contributed by atoms with Crippen molar-refractivity contribution in [3.63, 3.8) is 0 Å². The first kappa shape index (κ1) is 33.5. The maximum Gasteiger partial charge on any atom is 0.136 e. The number of fused-ring (bicyclic) bond motifs is 8. The summed E-state index contributed by atoms with van der Waals surface area (Å²) in [5.74, 6) is 0.000174. The highest BCUT2D eigenvalue weighted by Crippen LogP contribution is 2.43. The van der Waals surface area contributed by atoms with E-state index in [0.29, 0.717) is 0 Å². The standard InChI is InChI=1S/C57H37NO/c1-2-13-37(14-3-1)38-27-29-41(30-28-38)56(49-23-10-17-39-15-4-6-19-44(39)49)43-32-34-54-50(35-43)57-46(22-12-26-55(57)59-54)42-31-33-48-47-21-8-9-24-52(47)58(53(48)36-42)51-25-11-18-40-16-5-7-20-45(40)51/h1-36,56H. The fourth-order valence-electron chi connectivity index (χ4n) is 9.62. The van der Waals surface area contributed by atoms with Gasteiger partial charge in [0.25, 0.3) is 0 Å². The van der Waals surface area contributed by atoms with E-state index in [1.165, 1.54) is 76.9 Å². The van der Waals surface area contributed by atoms with E-state index in [0.717, 1.165) is 33.1 Å². The summed E-state index contributed by atoms with van der Waals surface area (Å²) in [6.07, 6.45) is 0. The summed E-state index contributed by atoms with van der Waals surface area (Å²) >= 11 is 0. The Labute approximate surface area is 341 Å². The Morgan fingerprint density at radius 1 is 0.356 bits per heavy atom. The summed E-state index contributed by atoms with van der Waals surface area (Å²) in [5.41, 5.74) is 13.8. The Kier molecular flexibility index (Phi) is 7.64. The number of rotatable bonds is 6. The van der Waals surface area contributed by atoms with Crippen LogP contribution in [0.4, 0.5) is 0 Å². The van der Waals surface area contributed by atoms with Crippen LogP contribution in [0.5, 0.6) is 0 Å². The third-order valence-electron chi connectivity index (χ3n) is 12.3. The molecule has 2 aromatic heterocycles. The smallest absolute Gasteiger partial charge is 0.136 e. The normalized spacial score (nSPS) is 12.3. The third-order valence-corrected chi connectivity index (χ3v) is 12.3. The molecule has 12 aromatic rings. The van der Waals surface area contributed by atoms with Gasteiger partial charge in [-0.15, -0.1) is 0 Å². The summed E-state index contributed by atoms with van der Waals surface area (Å²) in [4.78, 5) is 0. The quantitative estimate of drug-likeness (QED) is 0.155. The lowest BCUT2D eigenvalue weighted by molar-refractivity contribution is 0.669. The predicted octanol–water partition coefficient (Wildman–Crippen LogP) is 15.5. The van der Waals surface area contributed by atoms with Crippen LogP contribution in [0.2, 0.25) is 0 Å². The molecular weight excluding hydrogens is 715 g/mol. The fourth-order valence-corrected chi connectivity index (χ4v) is 9.62. The Balaban J connectivity index is 1.06. The molecule has 0 bridgehead atoms. The molecule has 0 aliphatic carbocycles. The lowest BCUT2D eigenvalue weighted by Gasteiger charge is -2.21. The fraction of sp³-hybridized carbons (Fsp3) is 0.0175. The summed E-state index contributed by atoms with van der Waals surface area (Å²) in [6.45, 7) is 0. The minimum absolute atomic E-state index is 0.000174. The molecule has 0 aliphatic rings. The first-order valence-electron chi connectivity index (χ1n) is 20.4. The van der Waals surface area contributed by atoms with Crippen molar-refractivity contribution < 1.29 is 4.42 Å². The topological polar surface area (TPSA) is 18.1 Å². The van der Waals surface area contributed by atoms with Crippen LogP contribution >= 0.6 is 0 Å². The molecule has 2 heteroatoms. The van der Waals surface area contributed by atoms with E-state index in [1.807, 2.05) is 0 Å². The molecule has 0 amide bonds. The van der Waals surface area contributed by atoms with Gasteiger partial charge in [-0.1, -0.05) is 182 Å². The van der Waals surface area contributed by atoms with Crippen LogP contribution in [0.1, 0.15) is 22.6 Å². The van der Waals surface area contributed by atoms with Crippen molar-refractivity contribution in [2.24, 2.45) is 0 Å². The minimum Gasteiger partial charge on any atom is -0.456 e. The van der Waals surface area contributed by atoms with Crippen molar-refractivity contribution in [2.45, 2.75) is 5.92 Å². The summed E-state index contributed by atoms with van der Waals surface area (Å²) in [7, 11) is 0. The van der Waals surface area contributed by atoms with Crippen LogP contribution in [0.25, 0.3) is 93.2 Å². The Morgan fingerprint density at radius 3 is 1.83 bits per heavy atom. The van der Waals surface area contributed by atoms with E-state index in [1.54, 1.807) is 0 Å². The van der Waals surface area contributed by atoms with Crippen LogP contribution in [-0.2, 0) is 0 Å². The number of para-hydroxylation sites is 1. The maximum atomic E-state index is 6.67. The highest BCUT2D eigenvalue weighted by Gasteiger charge is 2.23. The molecule has 0 saturated heterocycles. The van der Waals surface area contributed by atoms with Gasteiger partial charge in [0.05, 0.1) is 16.7 Å². The van der Waals surface area contributed by atoms with Crippen LogP contribution in [-0.4, -0.2) is 4.57 Å². The second kappa shape index (κ2) is 13.5. The molecule has 0 saturated carbocycles. The molecule has 0 radical (unpaired) electrons. The first-order valence-corrected chi connectivity index (χ1v) is 20.4. The summed E-state index contributed by atoms with van der Waals surface area (Å²) in [6, 6.07) is 79.5. The third kappa shape index (κ3) is 5.41. The Morgan fingerprint density at radius 2 is 0.983 bits per heavy atom. The van der Waals surface area contributed by atoms with Gasteiger partial charge in [-0.2, -0.15) is 0 Å². The zero-order chi connectivity index (χ0) is 38.9. The average Bonchev–Trinajstić information content (AvgIpc) is 3.85. The molecule has 276 valence electrons. The lowest BCUT2D eigenvalue weighted by atomic mass is 9.82. The van der Waals surface area contributed by atoms with E-state index in [4.69, 9.17) is 4.42 Å². The van der Waals surface area contributed by atoms with Gasteiger partial charge in [0.1, 0.15) is 11.2 Å². The van der Waals surface area contributed by atoms with Crippen molar-refractivity contribution in [1.29, 1.82) is 0 Å². The molecular formula is C57H37NO. The monoisotopic (exact) mass is 751 g/mol. The van der Waals surface area contributed by atoms with E-state index >= 15 is 0 Å². The molecule has 1 atom stereocenters. The molecule has 0 spiro atoms. The molecule has 2 nitrogen and oxygen atoms in total. The van der Waals surface area contributed by atoms with E-state index in [2.05, 4.69) is 223 Å². The van der Waals surface area contributed by atoms with Crippen LogP contribution < -0.4 is 0 Å². The van der Waals surface area contributed by atoms with Crippen molar-refractivity contribution in [1.82, 2.24) is 4.57 Å². The number of nitrogens with zero attached hydrogens (tertiary/aromatic N) is 1. The molecule has 0 N–H and O–H groups in total. The molecule has 2 heterocycles. The van der Waals surface area contributed by atoms with Gasteiger partial charge in [0, 0.05) is 32.8 Å². The van der Waals surface area contributed by atoms with Crippen LogP contribution in [0, 0.1) is 0 Å². The number of aromatic nitrogens is 1. The predicted molar refractivity (Wildman–Crippen MR) is 248 cm³/mol. The summed E-state index contributed by atoms with van der Waals surface area (Å²) in [5, 5.41) is 9.70. The molecule has 0 aliphatic heterocycles. The maximum absolute atomic E-state index is 6.67. The van der Waals surface area contributed by atoms with Gasteiger partial charge < -0.3 is 8.98 Å². The molecule has 0 fully saturated rings. The second-order valence-electron chi connectivity index (χ2n) is 15.6. The average molecular weight is 752 g/mol. The first-order chi connectivity index (χ1) is 29.3. The van der Waals surface area contributed by atoms with Crippen molar-refractivity contribution in [2.75, 3.05) is 0 Å². The van der Waals surface area contributed by atoms with Crippen molar-refractivity contribution in [3.05, 3.63) is 235 Å². The van der Waals surface area contributed by atoms with Gasteiger partial charge in [-0.3, -0.25) is 0 Å². The Bertz CT molecular complexity index is 3540. The molecule has 10 aromatic carbocycles. The lowest BCUT2D eigenvalue weighted by Crippen LogP contribution is -2.04. The van der Waals surface area contributed by atoms with E-state index in [9.17, 15) is 0 Å². The highest BCUT2D eigenvalue weighted by molar-refractivity contribution is 6.15. The number of hydrogen-bond acceptors (Lipinski definition) is 1. The van der Waals surface area contributed by atoms with Crippen molar-refractivity contribution >= 4 is 65.3 Å². The number of furan rings is 1. The highest BCUT2D eigenvalue weighted by atomic mass is 16.3. The SMILES string of the molecule is c1ccc(-c2ccc(C(c3ccc4oc5cccc(-c6ccc7c8ccccc8n(-c8cccc9ccccc89)c7c6)c5c4c3)c3cccc4ccccc34)cc2)cc1.